The number of amides is 3. The van der Waals surface area contributed by atoms with Crippen LogP contribution >= 0.6 is 0 Å². The molecule has 30 heavy (non-hydrogen) atoms. The fourth-order valence-electron chi connectivity index (χ4n) is 2.82. The van der Waals surface area contributed by atoms with Crippen LogP contribution in [-0.4, -0.2) is 45.2 Å². The van der Waals surface area contributed by atoms with Crippen LogP contribution in [0.5, 0.6) is 0 Å². The standard InChI is InChI=1S/C22H28N4O4/c1-5-30-20(27)14-23-22(29)25-17-11-12-19(26(3)4)18(13-17)21(28)24-15(2)16-9-7-6-8-10-16/h6-13,15H,5,14H2,1-4H3,(H,24,28)(H2,23,25,29)/t15-/m1/s1. The largest absolute Gasteiger partial charge is 0.465 e. The van der Waals surface area contributed by atoms with Gasteiger partial charge in [0.15, 0.2) is 0 Å². The number of hydrogen-bond donors (Lipinski definition) is 3. The van der Waals surface area contributed by atoms with E-state index in [1.807, 2.05) is 56.3 Å². The van der Waals surface area contributed by atoms with Gasteiger partial charge in [0.1, 0.15) is 6.54 Å². The van der Waals surface area contributed by atoms with Crippen LogP contribution in [0.4, 0.5) is 16.2 Å². The third-order valence-electron chi connectivity index (χ3n) is 4.33. The number of esters is 1. The van der Waals surface area contributed by atoms with Gasteiger partial charge < -0.3 is 25.6 Å². The molecule has 0 aromatic heterocycles. The van der Waals surface area contributed by atoms with Gasteiger partial charge in [-0.1, -0.05) is 30.3 Å². The van der Waals surface area contributed by atoms with Crippen molar-refractivity contribution >= 4 is 29.3 Å². The van der Waals surface area contributed by atoms with Crippen molar-refractivity contribution in [1.29, 1.82) is 0 Å². The fraction of sp³-hybridized carbons (Fsp3) is 0.318. The zero-order valence-electron chi connectivity index (χ0n) is 17.7. The van der Waals surface area contributed by atoms with Crippen molar-refractivity contribution in [3.63, 3.8) is 0 Å². The number of nitrogens with zero attached hydrogens (tertiary/aromatic N) is 1. The summed E-state index contributed by atoms with van der Waals surface area (Å²) in [5, 5.41) is 8.04. The maximum absolute atomic E-state index is 13.0. The Labute approximate surface area is 176 Å². The topological polar surface area (TPSA) is 99.8 Å². The molecule has 3 amide bonds. The van der Waals surface area contributed by atoms with Crippen molar-refractivity contribution in [2.75, 3.05) is 37.5 Å². The number of carbonyl (C=O) groups is 3. The first-order valence-corrected chi connectivity index (χ1v) is 9.69. The molecule has 2 rings (SSSR count). The second-order valence-electron chi connectivity index (χ2n) is 6.84. The van der Waals surface area contributed by atoms with E-state index in [4.69, 9.17) is 4.74 Å². The molecule has 0 heterocycles. The second-order valence-corrected chi connectivity index (χ2v) is 6.84. The van der Waals surface area contributed by atoms with E-state index in [9.17, 15) is 14.4 Å². The van der Waals surface area contributed by atoms with E-state index < -0.39 is 12.0 Å². The van der Waals surface area contributed by atoms with E-state index >= 15 is 0 Å². The Morgan fingerprint density at radius 2 is 1.77 bits per heavy atom. The Hall–Kier alpha value is -3.55. The van der Waals surface area contributed by atoms with Gasteiger partial charge in [-0.2, -0.15) is 0 Å². The molecular formula is C22H28N4O4. The molecule has 160 valence electrons. The zero-order chi connectivity index (χ0) is 22.1. The summed E-state index contributed by atoms with van der Waals surface area (Å²) < 4.78 is 4.77. The smallest absolute Gasteiger partial charge is 0.325 e. The second kappa shape index (κ2) is 10.8. The van der Waals surface area contributed by atoms with Crippen molar-refractivity contribution in [3.8, 4) is 0 Å². The number of anilines is 2. The third kappa shape index (κ3) is 6.51. The average Bonchev–Trinajstić information content (AvgIpc) is 2.72. The van der Waals surface area contributed by atoms with Gasteiger partial charge in [-0.3, -0.25) is 9.59 Å². The van der Waals surface area contributed by atoms with Gasteiger partial charge in [0, 0.05) is 25.5 Å². The van der Waals surface area contributed by atoms with Crippen LogP contribution in [0.15, 0.2) is 48.5 Å². The molecule has 0 aliphatic carbocycles. The van der Waals surface area contributed by atoms with E-state index in [2.05, 4.69) is 16.0 Å². The lowest BCUT2D eigenvalue weighted by Gasteiger charge is -2.20. The minimum atomic E-state index is -0.565. The van der Waals surface area contributed by atoms with Crippen LogP contribution in [0.25, 0.3) is 0 Å². The van der Waals surface area contributed by atoms with Gasteiger partial charge in [0.25, 0.3) is 5.91 Å². The zero-order valence-corrected chi connectivity index (χ0v) is 17.7. The molecule has 0 spiro atoms. The van der Waals surface area contributed by atoms with Crippen molar-refractivity contribution in [2.45, 2.75) is 19.9 Å². The number of benzene rings is 2. The first kappa shape index (κ1) is 22.7. The number of rotatable bonds is 8. The predicted octanol–water partition coefficient (Wildman–Crippen LogP) is 2.93. The van der Waals surface area contributed by atoms with E-state index in [1.54, 1.807) is 25.1 Å². The molecule has 0 unspecified atom stereocenters. The Kier molecular flexibility index (Phi) is 8.22. The monoisotopic (exact) mass is 412 g/mol. The van der Waals surface area contributed by atoms with Gasteiger partial charge >= 0.3 is 12.0 Å². The van der Waals surface area contributed by atoms with Gasteiger partial charge in [-0.15, -0.1) is 0 Å². The summed E-state index contributed by atoms with van der Waals surface area (Å²) in [6.45, 7) is 3.61. The number of urea groups is 1. The molecule has 3 N–H and O–H groups in total. The normalized spacial score (nSPS) is 11.2. The summed E-state index contributed by atoms with van der Waals surface area (Å²) in [4.78, 5) is 38.2. The van der Waals surface area contributed by atoms with Crippen LogP contribution in [0.2, 0.25) is 0 Å². The highest BCUT2D eigenvalue weighted by atomic mass is 16.5. The quantitative estimate of drug-likeness (QED) is 0.579. The molecule has 0 saturated heterocycles. The summed E-state index contributed by atoms with van der Waals surface area (Å²) >= 11 is 0. The van der Waals surface area contributed by atoms with Crippen LogP contribution in [-0.2, 0) is 9.53 Å². The van der Waals surface area contributed by atoms with Gasteiger partial charge in [0.05, 0.1) is 18.2 Å². The molecule has 2 aromatic rings. The number of carbonyl (C=O) groups excluding carboxylic acids is 3. The summed E-state index contributed by atoms with van der Waals surface area (Å²) in [5.41, 5.74) is 2.56. The number of nitrogens with one attached hydrogen (secondary N) is 3. The van der Waals surface area contributed by atoms with Crippen LogP contribution in [0, 0.1) is 0 Å². The Morgan fingerprint density at radius 1 is 1.07 bits per heavy atom. The maximum Gasteiger partial charge on any atom is 0.325 e. The minimum absolute atomic E-state index is 0.182. The van der Waals surface area contributed by atoms with Crippen LogP contribution in [0.3, 0.4) is 0 Å². The van der Waals surface area contributed by atoms with Crippen molar-refractivity contribution in [2.24, 2.45) is 0 Å². The summed E-state index contributed by atoms with van der Waals surface area (Å²) in [5.74, 6) is -0.781. The van der Waals surface area contributed by atoms with Gasteiger partial charge in [0.2, 0.25) is 0 Å². The fourth-order valence-corrected chi connectivity index (χ4v) is 2.82. The average molecular weight is 412 g/mol. The highest BCUT2D eigenvalue weighted by Gasteiger charge is 2.17. The molecule has 0 saturated carbocycles. The van der Waals surface area contributed by atoms with Crippen molar-refractivity contribution in [1.82, 2.24) is 10.6 Å². The van der Waals surface area contributed by atoms with E-state index in [0.717, 1.165) is 5.56 Å². The highest BCUT2D eigenvalue weighted by molar-refractivity contribution is 6.02. The molecule has 0 aliphatic rings. The lowest BCUT2D eigenvalue weighted by Crippen LogP contribution is -2.34. The first-order valence-electron chi connectivity index (χ1n) is 9.69. The summed E-state index contributed by atoms with van der Waals surface area (Å²) in [7, 11) is 3.68. The summed E-state index contributed by atoms with van der Waals surface area (Å²) in [6.07, 6.45) is 0. The van der Waals surface area contributed by atoms with Crippen LogP contribution < -0.4 is 20.9 Å². The maximum atomic E-state index is 13.0. The van der Waals surface area contributed by atoms with Gasteiger partial charge in [-0.25, -0.2) is 4.79 Å². The lowest BCUT2D eigenvalue weighted by atomic mass is 10.1. The highest BCUT2D eigenvalue weighted by Crippen LogP contribution is 2.24. The molecule has 0 bridgehead atoms. The Morgan fingerprint density at radius 3 is 2.40 bits per heavy atom. The first-order chi connectivity index (χ1) is 14.3. The predicted molar refractivity (Wildman–Crippen MR) is 117 cm³/mol. The third-order valence-corrected chi connectivity index (χ3v) is 4.33. The van der Waals surface area contributed by atoms with E-state index in [-0.39, 0.29) is 25.1 Å². The van der Waals surface area contributed by atoms with Crippen molar-refractivity contribution < 1.29 is 19.1 Å². The number of ether oxygens (including phenoxy) is 1. The molecule has 1 atom stereocenters. The van der Waals surface area contributed by atoms with E-state index in [1.165, 1.54) is 0 Å². The van der Waals surface area contributed by atoms with E-state index in [0.29, 0.717) is 16.9 Å². The van der Waals surface area contributed by atoms with Crippen LogP contribution in [0.1, 0.15) is 35.8 Å². The Balaban J connectivity index is 2.12. The van der Waals surface area contributed by atoms with Crippen molar-refractivity contribution in [3.05, 3.63) is 59.7 Å². The summed E-state index contributed by atoms with van der Waals surface area (Å²) in [6, 6.07) is 14.0. The SMILES string of the molecule is CCOC(=O)CNC(=O)Nc1ccc(N(C)C)c(C(=O)N[C@H](C)c2ccccc2)c1. The molecule has 8 heteroatoms. The molecular weight excluding hydrogens is 384 g/mol. The Bertz CT molecular complexity index is 884. The number of hydrogen-bond acceptors (Lipinski definition) is 5. The molecule has 0 radical (unpaired) electrons. The molecule has 8 nitrogen and oxygen atoms in total. The minimum Gasteiger partial charge on any atom is -0.465 e. The molecule has 0 fully saturated rings. The lowest BCUT2D eigenvalue weighted by molar-refractivity contribution is -0.141. The van der Waals surface area contributed by atoms with Gasteiger partial charge in [-0.05, 0) is 37.6 Å². The molecule has 0 aliphatic heterocycles. The molecule has 2 aromatic carbocycles.